The Kier molecular flexibility index (Phi) is 17.5. The smallest absolute Gasteiger partial charge is 0.306 e. The van der Waals surface area contributed by atoms with Crippen LogP contribution < -0.4 is 4.90 Å². The zero-order valence-corrected chi connectivity index (χ0v) is 28.2. The molecule has 1 aromatic heterocycles. The molecule has 0 saturated heterocycles. The molecule has 0 saturated carbocycles. The Morgan fingerprint density at radius 1 is 0.854 bits per heavy atom. The lowest BCUT2D eigenvalue weighted by Gasteiger charge is -2.25. The van der Waals surface area contributed by atoms with Crippen LogP contribution in [0.25, 0.3) is 0 Å². The van der Waals surface area contributed by atoms with E-state index in [1.54, 1.807) is 6.92 Å². The number of thiophene rings is 1. The van der Waals surface area contributed by atoms with E-state index in [2.05, 4.69) is 45.5 Å². The molecular weight excluding hydrogens is 634 g/mol. The second-order valence-corrected chi connectivity index (χ2v) is 11.4. The minimum absolute atomic E-state index is 0.0883. The molecule has 1 heterocycles. The monoisotopic (exact) mass is 675 g/mol. The molecule has 0 N–H and O–H groups in total. The highest BCUT2D eigenvalue weighted by Crippen LogP contribution is 2.36. The lowest BCUT2D eigenvalue weighted by atomic mass is 10.1. The fourth-order valence-electron chi connectivity index (χ4n) is 4.36. The summed E-state index contributed by atoms with van der Waals surface area (Å²) in [5, 5.41) is 27.9. The summed E-state index contributed by atoms with van der Waals surface area (Å²) in [6, 6.07) is 20.4. The van der Waals surface area contributed by atoms with Gasteiger partial charge in [0.15, 0.2) is 5.00 Å². The van der Waals surface area contributed by atoms with E-state index in [4.69, 9.17) is 23.7 Å². The number of azo groups is 1. The third kappa shape index (κ3) is 13.3. The van der Waals surface area contributed by atoms with Crippen molar-refractivity contribution in [2.75, 3.05) is 70.9 Å². The molecule has 0 atom stereocenters. The number of rotatable bonds is 23. The normalized spacial score (nSPS) is 10.9. The fourth-order valence-corrected chi connectivity index (χ4v) is 5.23. The number of aryl methyl sites for hydroxylation is 1. The van der Waals surface area contributed by atoms with Crippen LogP contribution in [-0.4, -0.2) is 78.3 Å². The van der Waals surface area contributed by atoms with Crippen molar-refractivity contribution in [1.82, 2.24) is 0 Å². The van der Waals surface area contributed by atoms with Crippen LogP contribution in [0.2, 0.25) is 0 Å². The van der Waals surface area contributed by atoms with Crippen molar-refractivity contribution in [1.29, 1.82) is 10.5 Å². The van der Waals surface area contributed by atoms with Gasteiger partial charge in [0.1, 0.15) is 29.9 Å². The van der Waals surface area contributed by atoms with Gasteiger partial charge in [0.2, 0.25) is 0 Å². The number of carbonyl (C=O) groups excluding carboxylic acids is 2. The van der Waals surface area contributed by atoms with Crippen LogP contribution in [0, 0.1) is 36.5 Å². The highest BCUT2D eigenvalue weighted by atomic mass is 32.1. The Bertz CT molecular complexity index is 1550. The molecule has 0 aliphatic carbocycles. The van der Waals surface area contributed by atoms with Crippen LogP contribution in [-0.2, 0) is 39.8 Å². The van der Waals surface area contributed by atoms with E-state index in [1.165, 1.54) is 16.9 Å². The molecule has 0 fully saturated rings. The van der Waals surface area contributed by atoms with E-state index >= 15 is 0 Å². The molecule has 0 unspecified atom stereocenters. The highest BCUT2D eigenvalue weighted by Gasteiger charge is 2.15. The molecule has 2 aromatic carbocycles. The Morgan fingerprint density at radius 2 is 1.50 bits per heavy atom. The van der Waals surface area contributed by atoms with E-state index in [0.29, 0.717) is 92.3 Å². The molecule has 12 nitrogen and oxygen atoms in total. The molecule has 0 aliphatic rings. The quantitative estimate of drug-likeness (QED) is 0.0497. The number of nitriles is 2. The Balaban J connectivity index is 1.38. The van der Waals surface area contributed by atoms with Crippen molar-refractivity contribution in [2.24, 2.45) is 10.2 Å². The SMILES string of the molecule is Cc1cc(N(CCOCCOCCOCCOCCOC(=O)CCC=O)Cc2ccccc2)ccc1/N=N/c1sc(C#N)c(C)c1C#N. The molecule has 0 spiro atoms. The largest absolute Gasteiger partial charge is 0.463 e. The summed E-state index contributed by atoms with van der Waals surface area (Å²) in [6.45, 7) is 8.54. The second kappa shape index (κ2) is 22.1. The maximum Gasteiger partial charge on any atom is 0.306 e. The van der Waals surface area contributed by atoms with Crippen LogP contribution in [0.3, 0.4) is 0 Å². The summed E-state index contributed by atoms with van der Waals surface area (Å²) in [5.41, 5.74) is 4.82. The van der Waals surface area contributed by atoms with Gasteiger partial charge in [-0.2, -0.15) is 10.5 Å². The number of benzene rings is 2. The van der Waals surface area contributed by atoms with E-state index < -0.39 is 5.97 Å². The minimum atomic E-state index is -0.409. The van der Waals surface area contributed by atoms with E-state index in [0.717, 1.165) is 11.3 Å². The molecule has 254 valence electrons. The predicted molar refractivity (Wildman–Crippen MR) is 181 cm³/mol. The molecule has 3 rings (SSSR count). The van der Waals surface area contributed by atoms with Gasteiger partial charge in [0.25, 0.3) is 0 Å². The van der Waals surface area contributed by atoms with Crippen LogP contribution in [0.1, 0.15) is 40.0 Å². The summed E-state index contributed by atoms with van der Waals surface area (Å²) in [7, 11) is 0. The van der Waals surface area contributed by atoms with E-state index in [9.17, 15) is 20.1 Å². The van der Waals surface area contributed by atoms with Gasteiger partial charge in [-0.25, -0.2) is 0 Å². The van der Waals surface area contributed by atoms with Gasteiger partial charge in [-0.05, 0) is 48.7 Å². The van der Waals surface area contributed by atoms with Crippen molar-refractivity contribution in [3.63, 3.8) is 0 Å². The summed E-state index contributed by atoms with van der Waals surface area (Å²) >= 11 is 1.17. The zero-order valence-electron chi connectivity index (χ0n) is 27.4. The zero-order chi connectivity index (χ0) is 34.4. The van der Waals surface area contributed by atoms with Crippen LogP contribution in [0.15, 0.2) is 58.8 Å². The molecule has 0 aliphatic heterocycles. The number of carbonyl (C=O) groups is 2. The van der Waals surface area contributed by atoms with Gasteiger partial charge in [-0.1, -0.05) is 30.3 Å². The number of ether oxygens (including phenoxy) is 5. The summed E-state index contributed by atoms with van der Waals surface area (Å²) < 4.78 is 27.2. The highest BCUT2D eigenvalue weighted by molar-refractivity contribution is 7.16. The van der Waals surface area contributed by atoms with Crippen LogP contribution in [0.5, 0.6) is 0 Å². The third-order valence-corrected chi connectivity index (χ3v) is 8.01. The van der Waals surface area contributed by atoms with Gasteiger partial charge >= 0.3 is 5.97 Å². The summed E-state index contributed by atoms with van der Waals surface area (Å²) in [6.07, 6.45) is 0.937. The first-order valence-electron chi connectivity index (χ1n) is 15.6. The average molecular weight is 676 g/mol. The molecule has 0 bridgehead atoms. The van der Waals surface area contributed by atoms with Crippen molar-refractivity contribution in [3.8, 4) is 12.1 Å². The number of esters is 1. The maximum absolute atomic E-state index is 11.3. The van der Waals surface area contributed by atoms with E-state index in [-0.39, 0.29) is 26.1 Å². The Labute approximate surface area is 285 Å². The molecular formula is C35H41N5O7S. The number of hydrogen-bond acceptors (Lipinski definition) is 13. The summed E-state index contributed by atoms with van der Waals surface area (Å²) in [4.78, 5) is 24.2. The van der Waals surface area contributed by atoms with Gasteiger partial charge in [0.05, 0.1) is 70.5 Å². The van der Waals surface area contributed by atoms with Crippen molar-refractivity contribution in [2.45, 2.75) is 33.2 Å². The number of hydrogen-bond donors (Lipinski definition) is 0. The molecule has 0 radical (unpaired) electrons. The fraction of sp³-hybridized carbons (Fsp3) is 0.429. The topological polar surface area (TPSA) is 156 Å². The lowest BCUT2D eigenvalue weighted by molar-refractivity contribution is -0.145. The van der Waals surface area contributed by atoms with Crippen molar-refractivity contribution < 1.29 is 33.3 Å². The van der Waals surface area contributed by atoms with Gasteiger partial charge in [-0.15, -0.1) is 21.6 Å². The van der Waals surface area contributed by atoms with Gasteiger partial charge in [0, 0.05) is 25.2 Å². The molecule has 13 heteroatoms. The third-order valence-electron chi connectivity index (χ3n) is 6.93. The first-order valence-corrected chi connectivity index (χ1v) is 16.4. The maximum atomic E-state index is 11.3. The van der Waals surface area contributed by atoms with Crippen molar-refractivity contribution >= 4 is 40.0 Å². The molecule has 3 aromatic rings. The molecule has 48 heavy (non-hydrogen) atoms. The first-order chi connectivity index (χ1) is 23.5. The number of aldehydes is 1. The lowest BCUT2D eigenvalue weighted by Crippen LogP contribution is -2.27. The standard InChI is InChI=1S/C35H41N5O7S/c1-27-23-30(10-11-32(27)38-39-35-31(24-36)28(2)33(25-37)48-35)40(26-29-7-4-3-5-8-29)12-14-43-15-16-44-17-18-45-19-20-46-21-22-47-34(42)9-6-13-41/h3-5,7-8,10-11,13,23H,6,9,12,14-22,26H2,1-2H3/b39-38+. The Hall–Kier alpha value is -4.50. The Morgan fingerprint density at radius 3 is 2.10 bits per heavy atom. The van der Waals surface area contributed by atoms with Gasteiger partial charge in [-0.3, -0.25) is 4.79 Å². The number of anilines is 1. The van der Waals surface area contributed by atoms with Crippen LogP contribution in [0.4, 0.5) is 16.4 Å². The number of nitrogens with zero attached hydrogens (tertiary/aromatic N) is 5. The van der Waals surface area contributed by atoms with Crippen molar-refractivity contribution in [3.05, 3.63) is 75.7 Å². The molecule has 0 amide bonds. The second-order valence-electron chi connectivity index (χ2n) is 10.4. The summed E-state index contributed by atoms with van der Waals surface area (Å²) in [5.74, 6) is -0.409. The first kappa shape index (κ1) is 38.0. The average Bonchev–Trinajstić information content (AvgIpc) is 3.42. The van der Waals surface area contributed by atoms with Crippen LogP contribution >= 0.6 is 11.3 Å². The van der Waals surface area contributed by atoms with E-state index in [1.807, 2.05) is 37.3 Å². The van der Waals surface area contributed by atoms with Gasteiger partial charge < -0.3 is 33.4 Å². The minimum Gasteiger partial charge on any atom is -0.463 e. The predicted octanol–water partition coefficient (Wildman–Crippen LogP) is 6.12.